The van der Waals surface area contributed by atoms with Gasteiger partial charge in [0.2, 0.25) is 0 Å². The van der Waals surface area contributed by atoms with Gasteiger partial charge in [0.1, 0.15) is 0 Å². The van der Waals surface area contributed by atoms with Gasteiger partial charge in [-0.05, 0) is 6.42 Å². The molecule has 0 saturated heterocycles. The zero-order valence-electron chi connectivity index (χ0n) is 38.7. The molecule has 11 nitrogen and oxygen atoms in total. The van der Waals surface area contributed by atoms with Crippen molar-refractivity contribution < 1.29 is 227 Å². The van der Waals surface area contributed by atoms with Gasteiger partial charge in [0.15, 0.2) is 0 Å². The van der Waals surface area contributed by atoms with Crippen molar-refractivity contribution in [3.05, 3.63) is 12.2 Å². The van der Waals surface area contributed by atoms with Crippen LogP contribution in [0.15, 0.2) is 12.2 Å². The Hall–Kier alpha value is -3.28. The van der Waals surface area contributed by atoms with Crippen LogP contribution >= 0.6 is 0 Å². The number of alkyl halides is 40. The first kappa shape index (κ1) is 81.8. The Kier molecular flexibility index (Phi) is 27.0. The second-order valence-corrected chi connectivity index (χ2v) is 17.5. The van der Waals surface area contributed by atoms with Crippen LogP contribution in [-0.2, 0) is 51.2 Å². The maximum absolute atomic E-state index is 13.9. The molecule has 0 rings (SSSR count). The molecule has 5 unspecified atom stereocenters. The predicted molar refractivity (Wildman–Crippen MR) is 176 cm³/mol. The standard InChI is InChI=1S/C17H18F20O7Si.C14H8F20O4/c1-38-45(39-2,40-3)7(6-42-11(22,23)9(19)44-17(36,37)13(26,27)15(31,32)33)4-5-41-10(20,21)8(18)43-16(34,35)12(24,25)14(28,29)30;15-5(37-13(31,32)9(21,22)11(25,26)27)7(17,18)35-3-1-2-4-36-8(19,20)6(16)38-14(33,34)10(23,24)12(28,29)30/h7-9H,4-6H2,1-3H3;1-2,5-6H,3-4H2/b;2-1+. The topological polar surface area (TPSA) is 102 Å². The summed E-state index contributed by atoms with van der Waals surface area (Å²) < 4.78 is 546. The van der Waals surface area contributed by atoms with Gasteiger partial charge >= 0.3 is 106 Å². The summed E-state index contributed by atoms with van der Waals surface area (Å²) in [4.78, 5) is 0. The molecule has 0 aliphatic rings. The van der Waals surface area contributed by atoms with Crippen molar-refractivity contribution in [1.82, 2.24) is 0 Å². The second-order valence-electron chi connectivity index (χ2n) is 14.3. The van der Waals surface area contributed by atoms with E-state index in [-0.39, 0.29) is 12.2 Å². The summed E-state index contributed by atoms with van der Waals surface area (Å²) in [5.41, 5.74) is -2.18. The maximum atomic E-state index is 13.9. The highest BCUT2D eigenvalue weighted by Gasteiger charge is 2.79. The van der Waals surface area contributed by atoms with E-state index in [0.717, 1.165) is 0 Å². The van der Waals surface area contributed by atoms with Crippen molar-refractivity contribution in [2.75, 3.05) is 47.8 Å². The van der Waals surface area contributed by atoms with E-state index in [2.05, 4.69) is 37.9 Å². The van der Waals surface area contributed by atoms with Crippen molar-refractivity contribution in [3.63, 3.8) is 0 Å². The summed E-state index contributed by atoms with van der Waals surface area (Å²) in [6.45, 7) is -7.44. The van der Waals surface area contributed by atoms with Crippen LogP contribution in [0.3, 0.4) is 0 Å². The number of hydrogen-bond acceptors (Lipinski definition) is 11. The van der Waals surface area contributed by atoms with Crippen LogP contribution in [0, 0.1) is 0 Å². The van der Waals surface area contributed by atoms with E-state index in [1.807, 2.05) is 0 Å². The molecule has 500 valence electrons. The molecule has 52 heteroatoms. The van der Waals surface area contributed by atoms with Gasteiger partial charge in [0.05, 0.1) is 32.0 Å². The molecule has 0 amide bonds. The zero-order chi connectivity index (χ0) is 67.1. The second kappa shape index (κ2) is 27.4. The highest BCUT2D eigenvalue weighted by atomic mass is 28.4. The van der Waals surface area contributed by atoms with Gasteiger partial charge in [0.25, 0.3) is 25.4 Å². The highest BCUT2D eigenvalue weighted by molar-refractivity contribution is 6.62. The summed E-state index contributed by atoms with van der Waals surface area (Å²) in [7, 11) is -2.68. The first-order valence-corrected chi connectivity index (χ1v) is 21.0. The SMILES string of the molecule is CO[Si](OC)(OC)C(CCOC(F)(F)C(F)OC(F)(F)C(F)(F)C(F)(F)F)COC(F)(F)C(F)OC(F)(F)C(F)(F)C(F)(F)F.FC(OC(F)(F)C(F)(F)C(F)(F)F)C(F)(F)OC/C=C/COC(F)(F)C(F)OC(F)(F)C(F)(F)C(F)(F)F. The summed E-state index contributed by atoms with van der Waals surface area (Å²) >= 11 is 0. The monoisotopic (exact) mass is 1360 g/mol. The summed E-state index contributed by atoms with van der Waals surface area (Å²) in [6.07, 6.45) is -101. The minimum atomic E-state index is -7.24. The van der Waals surface area contributed by atoms with Crippen molar-refractivity contribution in [2.24, 2.45) is 0 Å². The van der Waals surface area contributed by atoms with E-state index in [1.54, 1.807) is 0 Å². The molecule has 0 radical (unpaired) electrons. The van der Waals surface area contributed by atoms with Gasteiger partial charge in [-0.25, -0.2) is 17.6 Å². The molecule has 0 N–H and O–H groups in total. The van der Waals surface area contributed by atoms with Crippen LogP contribution in [0.2, 0.25) is 5.54 Å². The molecule has 0 aromatic heterocycles. The maximum Gasteiger partial charge on any atom is 0.505 e. The lowest BCUT2D eigenvalue weighted by Gasteiger charge is -2.34. The van der Waals surface area contributed by atoms with E-state index in [9.17, 15) is 176 Å². The average Bonchev–Trinajstić information content (AvgIpc) is 3.27. The fourth-order valence-corrected chi connectivity index (χ4v) is 6.39. The average molecular weight is 1360 g/mol. The minimum Gasteiger partial charge on any atom is -0.377 e. The van der Waals surface area contributed by atoms with E-state index in [0.29, 0.717) is 21.3 Å². The van der Waals surface area contributed by atoms with Crippen LogP contribution in [0.25, 0.3) is 0 Å². The van der Waals surface area contributed by atoms with Crippen LogP contribution in [0.4, 0.5) is 176 Å². The third kappa shape index (κ3) is 20.1. The molecule has 0 saturated carbocycles. The Labute approximate surface area is 431 Å². The quantitative estimate of drug-likeness (QED) is 0.0357. The minimum absolute atomic E-state index is 0.000323. The molecule has 0 spiro atoms. The van der Waals surface area contributed by atoms with E-state index >= 15 is 0 Å². The summed E-state index contributed by atoms with van der Waals surface area (Å²) in [5, 5.41) is 0. The van der Waals surface area contributed by atoms with Gasteiger partial charge in [-0.3, -0.25) is 18.9 Å². The Morgan fingerprint density at radius 2 is 0.518 bits per heavy atom. The Morgan fingerprint density at radius 1 is 0.313 bits per heavy atom. The van der Waals surface area contributed by atoms with Crippen LogP contribution in [0.1, 0.15) is 6.42 Å². The fourth-order valence-electron chi connectivity index (χ4n) is 4.13. The highest BCUT2D eigenvalue weighted by Crippen LogP contribution is 2.53. The number of halogens is 40. The van der Waals surface area contributed by atoms with E-state index in [1.165, 1.54) is 0 Å². The van der Waals surface area contributed by atoms with Gasteiger partial charge < -0.3 is 32.2 Å². The summed E-state index contributed by atoms with van der Waals surface area (Å²) in [6, 6.07) is 0. The number of rotatable bonds is 33. The molecule has 0 aromatic rings. The van der Waals surface area contributed by atoms with Crippen LogP contribution in [0.5, 0.6) is 0 Å². The molecule has 0 fully saturated rings. The van der Waals surface area contributed by atoms with Crippen molar-refractivity contribution in [2.45, 2.75) is 135 Å². The molecule has 0 aromatic carbocycles. The van der Waals surface area contributed by atoms with Crippen molar-refractivity contribution in [1.29, 1.82) is 0 Å². The van der Waals surface area contributed by atoms with Gasteiger partial charge in [-0.15, -0.1) is 0 Å². The lowest BCUT2D eigenvalue weighted by Crippen LogP contribution is -2.56. The third-order valence-electron chi connectivity index (χ3n) is 8.45. The van der Waals surface area contributed by atoms with Gasteiger partial charge in [-0.2, -0.15) is 158 Å². The molecule has 0 bridgehead atoms. The Bertz CT molecular complexity index is 1920. The van der Waals surface area contributed by atoms with Crippen LogP contribution in [-0.4, -0.2) is 179 Å². The third-order valence-corrected chi connectivity index (χ3v) is 11.6. The molecule has 5 atom stereocenters. The van der Waals surface area contributed by atoms with Gasteiger partial charge in [-0.1, -0.05) is 12.2 Å². The molecule has 83 heavy (non-hydrogen) atoms. The largest absolute Gasteiger partial charge is 0.505 e. The first-order chi connectivity index (χ1) is 36.2. The van der Waals surface area contributed by atoms with E-state index < -0.39 is 170 Å². The fraction of sp³-hybridized carbons (Fsp3) is 0.935. The zero-order valence-corrected chi connectivity index (χ0v) is 39.7. The van der Waals surface area contributed by atoms with Crippen LogP contribution < -0.4 is 0 Å². The lowest BCUT2D eigenvalue weighted by atomic mass is 10.3. The number of ether oxygens (including phenoxy) is 8. The molecule has 0 heterocycles. The van der Waals surface area contributed by atoms with Crippen molar-refractivity contribution >= 4 is 8.80 Å². The normalized spacial score (nSPS) is 17.3. The smallest absolute Gasteiger partial charge is 0.377 e. The summed E-state index contributed by atoms with van der Waals surface area (Å²) in [5.74, 6) is -28.8. The molecule has 0 aliphatic heterocycles. The Balaban J connectivity index is 0. The Morgan fingerprint density at radius 3 is 0.723 bits per heavy atom. The molecular formula is C31H26F40O11Si. The van der Waals surface area contributed by atoms with Crippen molar-refractivity contribution in [3.8, 4) is 0 Å². The lowest BCUT2D eigenvalue weighted by molar-refractivity contribution is -0.466. The predicted octanol–water partition coefficient (Wildman–Crippen LogP) is 14.0. The molecule has 0 aliphatic carbocycles. The molecular weight excluding hydrogens is 1340 g/mol. The first-order valence-electron chi connectivity index (χ1n) is 19.2. The number of hydrogen-bond donors (Lipinski definition) is 0. The van der Waals surface area contributed by atoms with Gasteiger partial charge in [0, 0.05) is 21.3 Å². The van der Waals surface area contributed by atoms with E-state index in [4.69, 9.17) is 13.3 Å².